The zero-order valence-electron chi connectivity index (χ0n) is 10.8. The van der Waals surface area contributed by atoms with Gasteiger partial charge in [-0.25, -0.2) is 0 Å². The smallest absolute Gasteiger partial charge is 0.433 e. The van der Waals surface area contributed by atoms with Crippen LogP contribution in [0.4, 0.5) is 5.88 Å². The van der Waals surface area contributed by atoms with Crippen LogP contribution < -0.4 is 5.32 Å². The van der Waals surface area contributed by atoms with Crippen LogP contribution in [0, 0.1) is 16.0 Å². The molecule has 0 saturated heterocycles. The van der Waals surface area contributed by atoms with Gasteiger partial charge < -0.3 is 14.8 Å². The Morgan fingerprint density at radius 2 is 2.26 bits per heavy atom. The molecule has 0 bridgehead atoms. The molecule has 0 aliphatic heterocycles. The highest BCUT2D eigenvalue weighted by atomic mass is 16.6. The van der Waals surface area contributed by atoms with Gasteiger partial charge in [0.15, 0.2) is 0 Å². The topological polar surface area (TPSA) is 106 Å². The van der Waals surface area contributed by atoms with Crippen molar-refractivity contribution in [1.29, 1.82) is 0 Å². The van der Waals surface area contributed by atoms with Crippen LogP contribution in [0.5, 0.6) is 0 Å². The first-order valence-electron chi connectivity index (χ1n) is 6.14. The maximum Gasteiger partial charge on any atom is 0.433 e. The van der Waals surface area contributed by atoms with E-state index in [9.17, 15) is 14.9 Å². The van der Waals surface area contributed by atoms with Crippen LogP contribution in [-0.4, -0.2) is 22.5 Å². The number of hydrogen-bond donors (Lipinski definition) is 2. The van der Waals surface area contributed by atoms with Gasteiger partial charge in [-0.05, 0) is 31.4 Å². The summed E-state index contributed by atoms with van der Waals surface area (Å²) in [6.45, 7) is 3.15. The summed E-state index contributed by atoms with van der Waals surface area (Å²) >= 11 is 0. The number of nitrogens with one attached hydrogen (secondary N) is 1. The summed E-state index contributed by atoms with van der Waals surface area (Å²) in [4.78, 5) is 20.2. The highest BCUT2D eigenvalue weighted by Crippen LogP contribution is 2.15. The normalized spacial score (nSPS) is 12.3. The lowest BCUT2D eigenvalue weighted by molar-refractivity contribution is -0.402. The molecule has 0 amide bonds. The summed E-state index contributed by atoms with van der Waals surface area (Å²) in [6.07, 6.45) is 1.70. The van der Waals surface area contributed by atoms with Crippen LogP contribution in [0.15, 0.2) is 16.5 Å². The van der Waals surface area contributed by atoms with E-state index in [0.717, 1.165) is 13.0 Å². The molecule has 0 aliphatic rings. The van der Waals surface area contributed by atoms with Gasteiger partial charge in [-0.15, -0.1) is 0 Å². The third-order valence-electron chi connectivity index (χ3n) is 2.79. The summed E-state index contributed by atoms with van der Waals surface area (Å²) in [6, 6.07) is 2.89. The average Bonchev–Trinajstić information content (AvgIpc) is 2.81. The summed E-state index contributed by atoms with van der Waals surface area (Å²) < 4.78 is 4.99. The zero-order valence-corrected chi connectivity index (χ0v) is 10.8. The molecule has 7 nitrogen and oxygen atoms in total. The van der Waals surface area contributed by atoms with E-state index in [-0.39, 0.29) is 12.3 Å². The molecule has 1 aromatic heterocycles. The number of hydrogen-bond acceptors (Lipinski definition) is 5. The van der Waals surface area contributed by atoms with Gasteiger partial charge >= 0.3 is 11.9 Å². The SMILES string of the molecule is CC(CCNCc1ccc([N+](=O)[O-])o1)CCC(=O)O. The summed E-state index contributed by atoms with van der Waals surface area (Å²) in [5.41, 5.74) is 0. The van der Waals surface area contributed by atoms with Gasteiger partial charge in [0.1, 0.15) is 10.7 Å². The average molecular weight is 270 g/mol. The highest BCUT2D eigenvalue weighted by Gasteiger charge is 2.11. The molecule has 0 aliphatic carbocycles. The second-order valence-electron chi connectivity index (χ2n) is 4.50. The second-order valence-corrected chi connectivity index (χ2v) is 4.50. The molecule has 7 heteroatoms. The standard InChI is InChI=1S/C12H18N2O5/c1-9(2-5-12(15)16)6-7-13-8-10-3-4-11(19-10)14(17)18/h3-4,9,13H,2,5-8H2,1H3,(H,15,16). The molecule has 2 N–H and O–H groups in total. The van der Waals surface area contributed by atoms with E-state index in [0.29, 0.717) is 24.6 Å². The fourth-order valence-corrected chi connectivity index (χ4v) is 1.63. The zero-order chi connectivity index (χ0) is 14.3. The minimum Gasteiger partial charge on any atom is -0.481 e. The molecular weight excluding hydrogens is 252 g/mol. The van der Waals surface area contributed by atoms with Crippen molar-refractivity contribution in [2.24, 2.45) is 5.92 Å². The Bertz CT molecular complexity index is 430. The summed E-state index contributed by atoms with van der Waals surface area (Å²) in [5.74, 6) is -0.186. The predicted molar refractivity (Wildman–Crippen MR) is 67.7 cm³/mol. The fraction of sp³-hybridized carbons (Fsp3) is 0.583. The van der Waals surface area contributed by atoms with Crippen LogP contribution in [0.25, 0.3) is 0 Å². The quantitative estimate of drug-likeness (QED) is 0.404. The van der Waals surface area contributed by atoms with E-state index in [1.54, 1.807) is 6.07 Å². The predicted octanol–water partition coefficient (Wildman–Crippen LogP) is 2.17. The Morgan fingerprint density at radius 3 is 2.84 bits per heavy atom. The van der Waals surface area contributed by atoms with Crippen LogP contribution >= 0.6 is 0 Å². The number of nitrogens with zero attached hydrogens (tertiary/aromatic N) is 1. The lowest BCUT2D eigenvalue weighted by atomic mass is 10.0. The van der Waals surface area contributed by atoms with Gasteiger partial charge in [0.2, 0.25) is 0 Å². The summed E-state index contributed by atoms with van der Waals surface area (Å²) in [5, 5.41) is 22.1. The Hall–Kier alpha value is -1.89. The monoisotopic (exact) mass is 270 g/mol. The molecule has 106 valence electrons. The van der Waals surface area contributed by atoms with E-state index >= 15 is 0 Å². The molecule has 1 aromatic rings. The first kappa shape index (κ1) is 15.2. The second kappa shape index (κ2) is 7.52. The molecule has 0 saturated carbocycles. The van der Waals surface area contributed by atoms with Crippen molar-refractivity contribution in [3.63, 3.8) is 0 Å². The Kier molecular flexibility index (Phi) is 6.01. The van der Waals surface area contributed by atoms with E-state index in [2.05, 4.69) is 5.32 Å². The molecule has 0 aromatic carbocycles. The Labute approximate surface area is 110 Å². The van der Waals surface area contributed by atoms with Crippen molar-refractivity contribution in [3.8, 4) is 0 Å². The van der Waals surface area contributed by atoms with E-state index in [1.165, 1.54) is 6.07 Å². The minimum absolute atomic E-state index is 0.186. The number of nitro groups is 1. The molecule has 1 unspecified atom stereocenters. The van der Waals surface area contributed by atoms with Gasteiger partial charge in [0.05, 0.1) is 12.6 Å². The van der Waals surface area contributed by atoms with Crippen molar-refractivity contribution in [2.75, 3.05) is 6.54 Å². The van der Waals surface area contributed by atoms with Gasteiger partial charge in [-0.3, -0.25) is 14.9 Å². The molecule has 1 heterocycles. The van der Waals surface area contributed by atoms with E-state index in [4.69, 9.17) is 9.52 Å². The number of carboxylic acid groups (broad SMARTS) is 1. The number of carboxylic acids is 1. The molecule has 1 atom stereocenters. The lowest BCUT2D eigenvalue weighted by Crippen LogP contribution is -2.17. The lowest BCUT2D eigenvalue weighted by Gasteiger charge is -2.09. The molecule has 0 fully saturated rings. The van der Waals surface area contributed by atoms with Crippen molar-refractivity contribution < 1.29 is 19.2 Å². The third kappa shape index (κ3) is 6.01. The van der Waals surface area contributed by atoms with Crippen molar-refractivity contribution in [1.82, 2.24) is 5.32 Å². The van der Waals surface area contributed by atoms with Crippen LogP contribution in [0.1, 0.15) is 31.9 Å². The molecular formula is C12H18N2O5. The maximum atomic E-state index is 10.4. The molecule has 19 heavy (non-hydrogen) atoms. The Morgan fingerprint density at radius 1 is 1.53 bits per heavy atom. The Balaban J connectivity index is 2.16. The van der Waals surface area contributed by atoms with Crippen molar-refractivity contribution in [3.05, 3.63) is 28.0 Å². The van der Waals surface area contributed by atoms with Crippen LogP contribution in [0.3, 0.4) is 0 Å². The van der Waals surface area contributed by atoms with E-state index in [1.807, 2.05) is 6.92 Å². The third-order valence-corrected chi connectivity index (χ3v) is 2.79. The molecule has 0 spiro atoms. The maximum absolute atomic E-state index is 10.4. The number of furan rings is 1. The van der Waals surface area contributed by atoms with Gasteiger partial charge in [-0.1, -0.05) is 6.92 Å². The number of aliphatic carboxylic acids is 1. The van der Waals surface area contributed by atoms with Crippen LogP contribution in [-0.2, 0) is 11.3 Å². The van der Waals surface area contributed by atoms with E-state index < -0.39 is 10.9 Å². The highest BCUT2D eigenvalue weighted by molar-refractivity contribution is 5.66. The van der Waals surface area contributed by atoms with Gasteiger partial charge in [0, 0.05) is 6.42 Å². The largest absolute Gasteiger partial charge is 0.481 e. The van der Waals surface area contributed by atoms with Crippen molar-refractivity contribution in [2.45, 2.75) is 32.7 Å². The van der Waals surface area contributed by atoms with Crippen LogP contribution in [0.2, 0.25) is 0 Å². The molecule has 1 rings (SSSR count). The van der Waals surface area contributed by atoms with Gasteiger partial charge in [0.25, 0.3) is 0 Å². The minimum atomic E-state index is -0.775. The first-order valence-corrected chi connectivity index (χ1v) is 6.14. The number of rotatable bonds is 9. The fourth-order valence-electron chi connectivity index (χ4n) is 1.63. The first-order chi connectivity index (χ1) is 8.99. The van der Waals surface area contributed by atoms with Gasteiger partial charge in [-0.2, -0.15) is 0 Å². The molecule has 0 radical (unpaired) electrons. The number of carbonyl (C=O) groups is 1. The van der Waals surface area contributed by atoms with Crippen molar-refractivity contribution >= 4 is 11.9 Å². The summed E-state index contributed by atoms with van der Waals surface area (Å²) in [7, 11) is 0.